The minimum absolute atomic E-state index is 0.0493. The number of anilines is 1. The molecule has 4 heteroatoms. The first-order valence-electron chi connectivity index (χ1n) is 9.25. The third-order valence-electron chi connectivity index (χ3n) is 5.17. The SMILES string of the molecule is O=C(Nc1ccc(-c2ccncc2)cc1)C1COc2ccc3ccccc3c21. The summed E-state index contributed by atoms with van der Waals surface area (Å²) in [4.78, 5) is 17.0. The number of carbonyl (C=O) groups is 1. The fraction of sp³-hybridized carbons (Fsp3) is 0.0833. The number of pyridine rings is 1. The van der Waals surface area contributed by atoms with E-state index in [9.17, 15) is 4.79 Å². The molecular formula is C24H18N2O2. The quantitative estimate of drug-likeness (QED) is 0.554. The van der Waals surface area contributed by atoms with E-state index in [1.165, 1.54) is 0 Å². The Kier molecular flexibility index (Phi) is 4.02. The van der Waals surface area contributed by atoms with Crippen LogP contribution in [0, 0.1) is 0 Å². The highest BCUT2D eigenvalue weighted by atomic mass is 16.5. The summed E-state index contributed by atoms with van der Waals surface area (Å²) in [5.74, 6) is 0.430. The molecule has 1 amide bonds. The molecule has 0 saturated heterocycles. The first-order valence-corrected chi connectivity index (χ1v) is 9.25. The highest BCUT2D eigenvalue weighted by Crippen LogP contribution is 2.40. The van der Waals surface area contributed by atoms with E-state index in [0.717, 1.165) is 38.9 Å². The number of amides is 1. The van der Waals surface area contributed by atoms with Crippen molar-refractivity contribution in [2.75, 3.05) is 11.9 Å². The van der Waals surface area contributed by atoms with Gasteiger partial charge in [-0.2, -0.15) is 0 Å². The maximum absolute atomic E-state index is 13.0. The zero-order chi connectivity index (χ0) is 18.9. The van der Waals surface area contributed by atoms with Gasteiger partial charge in [0, 0.05) is 23.6 Å². The van der Waals surface area contributed by atoms with E-state index < -0.39 is 0 Å². The van der Waals surface area contributed by atoms with Gasteiger partial charge in [-0.25, -0.2) is 0 Å². The van der Waals surface area contributed by atoms with E-state index in [2.05, 4.69) is 16.4 Å². The lowest BCUT2D eigenvalue weighted by molar-refractivity contribution is -0.117. The molecule has 3 aromatic carbocycles. The zero-order valence-electron chi connectivity index (χ0n) is 15.1. The molecule has 1 aromatic heterocycles. The highest BCUT2D eigenvalue weighted by molar-refractivity contribution is 6.01. The van der Waals surface area contributed by atoms with Gasteiger partial charge in [0.25, 0.3) is 0 Å². The van der Waals surface area contributed by atoms with Crippen LogP contribution >= 0.6 is 0 Å². The first kappa shape index (κ1) is 16.5. The van der Waals surface area contributed by atoms with Gasteiger partial charge in [-0.15, -0.1) is 0 Å². The van der Waals surface area contributed by atoms with Gasteiger partial charge in [-0.3, -0.25) is 9.78 Å². The molecule has 4 nitrogen and oxygen atoms in total. The highest BCUT2D eigenvalue weighted by Gasteiger charge is 2.32. The van der Waals surface area contributed by atoms with Crippen molar-refractivity contribution in [1.29, 1.82) is 0 Å². The summed E-state index contributed by atoms with van der Waals surface area (Å²) < 4.78 is 5.79. The molecule has 1 N–H and O–H groups in total. The minimum atomic E-state index is -0.319. The number of hydrogen-bond donors (Lipinski definition) is 1. The maximum Gasteiger partial charge on any atom is 0.235 e. The molecule has 1 unspecified atom stereocenters. The Morgan fingerprint density at radius 3 is 2.46 bits per heavy atom. The fourth-order valence-electron chi connectivity index (χ4n) is 3.74. The number of benzene rings is 3. The Morgan fingerprint density at radius 1 is 0.893 bits per heavy atom. The van der Waals surface area contributed by atoms with Crippen molar-refractivity contribution < 1.29 is 9.53 Å². The number of fused-ring (bicyclic) bond motifs is 3. The predicted molar refractivity (Wildman–Crippen MR) is 110 cm³/mol. The van der Waals surface area contributed by atoms with Crippen molar-refractivity contribution in [2.45, 2.75) is 5.92 Å². The van der Waals surface area contributed by atoms with Crippen molar-refractivity contribution in [2.24, 2.45) is 0 Å². The second-order valence-corrected chi connectivity index (χ2v) is 6.86. The van der Waals surface area contributed by atoms with Crippen molar-refractivity contribution >= 4 is 22.4 Å². The van der Waals surface area contributed by atoms with Crippen LogP contribution in [0.2, 0.25) is 0 Å². The number of rotatable bonds is 3. The standard InChI is InChI=1S/C24H18N2O2/c27-24(26-19-8-5-16(6-9-19)17-11-13-25-14-12-17)21-15-28-22-10-7-18-3-1-2-4-20(18)23(21)22/h1-14,21H,15H2,(H,26,27). The Morgan fingerprint density at radius 2 is 1.64 bits per heavy atom. The smallest absolute Gasteiger partial charge is 0.235 e. The van der Waals surface area contributed by atoms with Crippen molar-refractivity contribution in [3.8, 4) is 16.9 Å². The van der Waals surface area contributed by atoms with Crippen LogP contribution in [0.4, 0.5) is 5.69 Å². The molecular weight excluding hydrogens is 348 g/mol. The summed E-state index contributed by atoms with van der Waals surface area (Å²) in [5, 5.41) is 5.23. The van der Waals surface area contributed by atoms with Crippen LogP contribution in [0.5, 0.6) is 5.75 Å². The van der Waals surface area contributed by atoms with Gasteiger partial charge in [0.05, 0.1) is 0 Å². The maximum atomic E-state index is 13.0. The van der Waals surface area contributed by atoms with Crippen LogP contribution < -0.4 is 10.1 Å². The third kappa shape index (κ3) is 2.89. The largest absolute Gasteiger partial charge is 0.492 e. The van der Waals surface area contributed by atoms with Crippen LogP contribution in [0.3, 0.4) is 0 Å². The van der Waals surface area contributed by atoms with Gasteiger partial charge in [0.1, 0.15) is 18.3 Å². The van der Waals surface area contributed by atoms with Gasteiger partial charge in [0.2, 0.25) is 5.91 Å². The molecule has 0 fully saturated rings. The molecule has 0 spiro atoms. The number of nitrogens with zero attached hydrogens (tertiary/aromatic N) is 1. The summed E-state index contributed by atoms with van der Waals surface area (Å²) in [7, 11) is 0. The molecule has 4 aromatic rings. The number of nitrogens with one attached hydrogen (secondary N) is 1. The van der Waals surface area contributed by atoms with Crippen LogP contribution in [-0.2, 0) is 4.79 Å². The molecule has 1 atom stereocenters. The lowest BCUT2D eigenvalue weighted by atomic mass is 9.94. The van der Waals surface area contributed by atoms with Crippen LogP contribution in [0.25, 0.3) is 21.9 Å². The number of hydrogen-bond acceptors (Lipinski definition) is 3. The van der Waals surface area contributed by atoms with Gasteiger partial charge >= 0.3 is 0 Å². The Bertz CT molecular complexity index is 1150. The monoisotopic (exact) mass is 366 g/mol. The van der Waals surface area contributed by atoms with Crippen LogP contribution in [0.1, 0.15) is 11.5 Å². The van der Waals surface area contributed by atoms with Crippen molar-refractivity contribution in [3.05, 3.63) is 90.8 Å². The number of ether oxygens (including phenoxy) is 1. The van der Waals surface area contributed by atoms with Gasteiger partial charge < -0.3 is 10.1 Å². The predicted octanol–water partition coefficient (Wildman–Crippen LogP) is 5.02. The molecule has 1 aliphatic rings. The summed E-state index contributed by atoms with van der Waals surface area (Å²) in [6.07, 6.45) is 3.54. The molecule has 0 radical (unpaired) electrons. The molecule has 0 bridgehead atoms. The summed E-state index contributed by atoms with van der Waals surface area (Å²) >= 11 is 0. The lowest BCUT2D eigenvalue weighted by Crippen LogP contribution is -2.22. The summed E-state index contributed by atoms with van der Waals surface area (Å²) in [6, 6.07) is 23.9. The van der Waals surface area contributed by atoms with Crippen molar-refractivity contribution in [1.82, 2.24) is 4.98 Å². The zero-order valence-corrected chi connectivity index (χ0v) is 15.1. The molecule has 136 valence electrons. The second kappa shape index (κ2) is 6.82. The van der Waals surface area contributed by atoms with Gasteiger partial charge in [-0.1, -0.05) is 42.5 Å². The van der Waals surface area contributed by atoms with Crippen LogP contribution in [0.15, 0.2) is 85.2 Å². The van der Waals surface area contributed by atoms with Crippen LogP contribution in [-0.4, -0.2) is 17.5 Å². The molecule has 28 heavy (non-hydrogen) atoms. The molecule has 0 saturated carbocycles. The first-order chi connectivity index (χ1) is 13.8. The number of carbonyl (C=O) groups excluding carboxylic acids is 1. The van der Waals surface area contributed by atoms with Gasteiger partial charge in [0.15, 0.2) is 0 Å². The Labute approximate surface area is 162 Å². The summed E-state index contributed by atoms with van der Waals surface area (Å²) in [5.41, 5.74) is 3.93. The van der Waals surface area contributed by atoms with E-state index >= 15 is 0 Å². The van der Waals surface area contributed by atoms with Crippen molar-refractivity contribution in [3.63, 3.8) is 0 Å². The fourth-order valence-corrected chi connectivity index (χ4v) is 3.74. The molecule has 2 heterocycles. The normalized spacial score (nSPS) is 15.1. The van der Waals surface area contributed by atoms with E-state index in [4.69, 9.17) is 4.74 Å². The lowest BCUT2D eigenvalue weighted by Gasteiger charge is -2.12. The average molecular weight is 366 g/mol. The van der Waals surface area contributed by atoms with E-state index in [-0.39, 0.29) is 11.8 Å². The topological polar surface area (TPSA) is 51.2 Å². The minimum Gasteiger partial charge on any atom is -0.492 e. The Hall–Kier alpha value is -3.66. The van der Waals surface area contributed by atoms with E-state index in [1.54, 1.807) is 12.4 Å². The molecule has 1 aliphatic heterocycles. The average Bonchev–Trinajstić information content (AvgIpc) is 3.20. The Balaban J connectivity index is 1.40. The van der Waals surface area contributed by atoms with Gasteiger partial charge in [-0.05, 0) is 52.2 Å². The molecule has 0 aliphatic carbocycles. The number of aromatic nitrogens is 1. The molecule has 5 rings (SSSR count). The second-order valence-electron chi connectivity index (χ2n) is 6.86. The summed E-state index contributed by atoms with van der Waals surface area (Å²) in [6.45, 7) is 0.365. The third-order valence-corrected chi connectivity index (χ3v) is 5.17. The van der Waals surface area contributed by atoms with E-state index in [1.807, 2.05) is 66.7 Å². The van der Waals surface area contributed by atoms with E-state index in [0.29, 0.717) is 6.61 Å².